The molecule has 0 amide bonds. The predicted molar refractivity (Wildman–Crippen MR) is 105 cm³/mol. The lowest BCUT2D eigenvalue weighted by atomic mass is 10.2. The Morgan fingerprint density at radius 1 is 1.23 bits per heavy atom. The van der Waals surface area contributed by atoms with E-state index in [4.69, 9.17) is 15.6 Å². The molecule has 3 aromatic rings. The van der Waals surface area contributed by atoms with Gasteiger partial charge < -0.3 is 15.0 Å². The fourth-order valence-electron chi connectivity index (χ4n) is 2.82. The van der Waals surface area contributed by atoms with Crippen LogP contribution in [0.4, 0.5) is 17.2 Å². The number of methoxy groups -OCH3 is 1. The number of hydrogen-bond acceptors (Lipinski definition) is 6. The maximum Gasteiger partial charge on any atom is 0.229 e. The van der Waals surface area contributed by atoms with E-state index in [9.17, 15) is 0 Å². The molecule has 0 saturated carbocycles. The molecule has 26 heavy (non-hydrogen) atoms. The van der Waals surface area contributed by atoms with Gasteiger partial charge in [-0.2, -0.15) is 4.98 Å². The van der Waals surface area contributed by atoms with Gasteiger partial charge in [0.15, 0.2) is 0 Å². The van der Waals surface area contributed by atoms with Crippen molar-refractivity contribution in [1.82, 2.24) is 9.55 Å². The van der Waals surface area contributed by atoms with Gasteiger partial charge in [0.2, 0.25) is 5.62 Å². The summed E-state index contributed by atoms with van der Waals surface area (Å²) in [5.41, 5.74) is 2.65. The minimum absolute atomic E-state index is 0.0133. The van der Waals surface area contributed by atoms with Crippen molar-refractivity contribution in [3.05, 3.63) is 54.1 Å². The second-order valence-corrected chi connectivity index (χ2v) is 5.80. The van der Waals surface area contributed by atoms with Gasteiger partial charge >= 0.3 is 0 Å². The molecule has 0 saturated heterocycles. The third-order valence-electron chi connectivity index (χ3n) is 4.16. The van der Waals surface area contributed by atoms with Crippen LogP contribution in [0, 0.1) is 10.8 Å². The molecule has 0 aliphatic heterocycles. The smallest absolute Gasteiger partial charge is 0.229 e. The highest BCUT2D eigenvalue weighted by Crippen LogP contribution is 2.29. The Hall–Kier alpha value is -3.19. The molecule has 1 aromatic heterocycles. The van der Waals surface area contributed by atoms with Gasteiger partial charge in [-0.05, 0) is 30.3 Å². The van der Waals surface area contributed by atoms with Crippen molar-refractivity contribution in [3.8, 4) is 0 Å². The third-order valence-corrected chi connectivity index (χ3v) is 4.16. The normalized spacial score (nSPS) is 10.7. The van der Waals surface area contributed by atoms with E-state index in [1.165, 1.54) is 4.57 Å². The van der Waals surface area contributed by atoms with Crippen molar-refractivity contribution in [2.24, 2.45) is 0 Å². The summed E-state index contributed by atoms with van der Waals surface area (Å²) in [7, 11) is 3.59. The van der Waals surface area contributed by atoms with E-state index in [-0.39, 0.29) is 5.62 Å². The summed E-state index contributed by atoms with van der Waals surface area (Å²) in [6.07, 6.45) is 1.11. The second-order valence-electron chi connectivity index (χ2n) is 5.80. The van der Waals surface area contributed by atoms with Crippen LogP contribution < -0.4 is 15.8 Å². The molecule has 2 aromatic carbocycles. The maximum atomic E-state index is 8.22. The number of anilines is 3. The average Bonchev–Trinajstić information content (AvgIpc) is 2.67. The highest BCUT2D eigenvalue weighted by molar-refractivity contribution is 5.95. The molecule has 3 N–H and O–H groups in total. The molecule has 0 atom stereocenters. The Morgan fingerprint density at radius 3 is 2.69 bits per heavy atom. The average molecular weight is 350 g/mol. The molecule has 0 unspecified atom stereocenters. The zero-order valence-corrected chi connectivity index (χ0v) is 14.9. The fourth-order valence-corrected chi connectivity index (χ4v) is 2.82. The van der Waals surface area contributed by atoms with Gasteiger partial charge in [-0.25, -0.2) is 0 Å². The lowest BCUT2D eigenvalue weighted by Crippen LogP contribution is -2.26. The van der Waals surface area contributed by atoms with Crippen LogP contribution in [-0.2, 0) is 4.74 Å². The summed E-state index contributed by atoms with van der Waals surface area (Å²) < 4.78 is 6.52. The van der Waals surface area contributed by atoms with Crippen molar-refractivity contribution in [3.63, 3.8) is 0 Å². The first-order valence-electron chi connectivity index (χ1n) is 8.28. The summed E-state index contributed by atoms with van der Waals surface area (Å²) in [5, 5.41) is 20.0. The van der Waals surface area contributed by atoms with Gasteiger partial charge in [-0.1, -0.05) is 18.2 Å². The highest BCUT2D eigenvalue weighted by atomic mass is 16.5. The molecular weight excluding hydrogens is 328 g/mol. The van der Waals surface area contributed by atoms with Gasteiger partial charge in [-0.3, -0.25) is 15.4 Å². The van der Waals surface area contributed by atoms with Crippen molar-refractivity contribution in [2.45, 2.75) is 0 Å². The second kappa shape index (κ2) is 7.79. The highest BCUT2D eigenvalue weighted by Gasteiger charge is 2.13. The number of benzene rings is 2. The predicted octanol–water partition coefficient (Wildman–Crippen LogP) is 2.80. The quantitative estimate of drug-likeness (QED) is 0.347. The molecule has 0 fully saturated rings. The Labute approximate surface area is 151 Å². The zero-order valence-electron chi connectivity index (χ0n) is 14.9. The summed E-state index contributed by atoms with van der Waals surface area (Å²) in [6, 6.07) is 15.8. The summed E-state index contributed by atoms with van der Waals surface area (Å²) >= 11 is 0. The first kappa shape index (κ1) is 17.6. The molecule has 0 spiro atoms. The van der Waals surface area contributed by atoms with Crippen LogP contribution in [0.2, 0.25) is 0 Å². The largest absolute Gasteiger partial charge is 0.383 e. The molecule has 1 heterocycles. The lowest BCUT2D eigenvalue weighted by molar-refractivity contribution is 0.211. The minimum Gasteiger partial charge on any atom is -0.383 e. The Bertz CT molecular complexity index is 967. The number of fused-ring (bicyclic) bond motifs is 1. The van der Waals surface area contributed by atoms with Gasteiger partial charge in [0.25, 0.3) is 0 Å². The monoisotopic (exact) mass is 350 g/mol. The number of hydrogen-bond donors (Lipinski definition) is 3. The van der Waals surface area contributed by atoms with E-state index in [1.54, 1.807) is 7.11 Å². The van der Waals surface area contributed by atoms with Crippen LogP contribution in [-0.4, -0.2) is 43.2 Å². The van der Waals surface area contributed by atoms with Crippen molar-refractivity contribution in [2.75, 3.05) is 37.5 Å². The lowest BCUT2D eigenvalue weighted by Gasteiger charge is -2.21. The molecule has 0 bridgehead atoms. The molecule has 0 aliphatic rings. The Balaban J connectivity index is 2.13. The number of rotatable bonds is 7. The van der Waals surface area contributed by atoms with Gasteiger partial charge in [0.05, 0.1) is 18.5 Å². The van der Waals surface area contributed by atoms with Crippen LogP contribution in [0.25, 0.3) is 10.9 Å². The minimum atomic E-state index is 0.0133. The topological polar surface area (TPSA) is 90.0 Å². The molecule has 7 heteroatoms. The van der Waals surface area contributed by atoms with E-state index in [2.05, 4.69) is 10.3 Å². The molecular formula is C19H22N6O. The summed E-state index contributed by atoms with van der Waals surface area (Å²) in [6.45, 7) is 1.28. The van der Waals surface area contributed by atoms with E-state index in [1.807, 2.05) is 60.5 Å². The zero-order chi connectivity index (χ0) is 18.5. The van der Waals surface area contributed by atoms with Crippen molar-refractivity contribution in [1.29, 1.82) is 10.8 Å². The molecule has 7 nitrogen and oxygen atoms in total. The number of aromatic nitrogens is 2. The summed E-state index contributed by atoms with van der Waals surface area (Å²) in [5.74, 6) is 0.678. The van der Waals surface area contributed by atoms with Crippen molar-refractivity contribution >= 4 is 34.4 Å². The van der Waals surface area contributed by atoms with E-state index in [0.29, 0.717) is 19.0 Å². The summed E-state index contributed by atoms with van der Waals surface area (Å²) in [4.78, 5) is 6.37. The Kier molecular flexibility index (Phi) is 5.28. The fraction of sp³-hybridized carbons (Fsp3) is 0.211. The van der Waals surface area contributed by atoms with Gasteiger partial charge in [-0.15, -0.1) is 0 Å². The number of para-hydroxylation sites is 1. The van der Waals surface area contributed by atoms with E-state index in [0.717, 1.165) is 28.6 Å². The van der Waals surface area contributed by atoms with E-state index < -0.39 is 0 Å². The van der Waals surface area contributed by atoms with E-state index >= 15 is 0 Å². The maximum absolute atomic E-state index is 8.22. The molecule has 134 valence electrons. The number of nitrogens with one attached hydrogen (secondary N) is 3. The van der Waals surface area contributed by atoms with Gasteiger partial charge in [0.1, 0.15) is 5.82 Å². The standard InChI is InChI=1S/C19H22N6O/c1-24(15-6-4-3-5-7-15)18-16-9-8-14(22-10-11-26-2)12-17(16)25(13-20)19(21)23-18/h3-9,12-13,20-22H,10-11H2,1-2H3. The van der Waals surface area contributed by atoms with Crippen LogP contribution in [0.1, 0.15) is 0 Å². The number of ether oxygens (including phenoxy) is 1. The number of nitrogens with zero attached hydrogens (tertiary/aromatic N) is 3. The molecule has 3 rings (SSSR count). The first-order valence-corrected chi connectivity index (χ1v) is 8.28. The van der Waals surface area contributed by atoms with Crippen LogP contribution in [0.3, 0.4) is 0 Å². The van der Waals surface area contributed by atoms with Crippen LogP contribution >= 0.6 is 0 Å². The first-order chi connectivity index (χ1) is 12.7. The van der Waals surface area contributed by atoms with Gasteiger partial charge in [0, 0.05) is 37.5 Å². The van der Waals surface area contributed by atoms with Crippen LogP contribution in [0.15, 0.2) is 48.5 Å². The van der Waals surface area contributed by atoms with Crippen molar-refractivity contribution < 1.29 is 4.74 Å². The molecule has 0 radical (unpaired) electrons. The third kappa shape index (κ3) is 3.43. The van der Waals surface area contributed by atoms with Crippen LogP contribution in [0.5, 0.6) is 0 Å². The molecule has 0 aliphatic carbocycles. The Morgan fingerprint density at radius 2 is 2.00 bits per heavy atom. The SMILES string of the molecule is COCCNc1ccc2c(N(C)c3ccccc3)nc(=N)n(C=N)c2c1.